The van der Waals surface area contributed by atoms with Crippen molar-refractivity contribution in [3.63, 3.8) is 0 Å². The van der Waals surface area contributed by atoms with Gasteiger partial charge < -0.3 is 5.11 Å². The molecule has 1 aromatic heterocycles. The highest BCUT2D eigenvalue weighted by atomic mass is 35.5. The highest BCUT2D eigenvalue weighted by Crippen LogP contribution is 2.20. The molecule has 2 rings (SSSR count). The summed E-state index contributed by atoms with van der Waals surface area (Å²) in [6, 6.07) is 6.11. The number of carbonyl (C=O) groups is 1. The molecule has 0 saturated heterocycles. The summed E-state index contributed by atoms with van der Waals surface area (Å²) >= 11 is 5.76. The van der Waals surface area contributed by atoms with E-state index in [1.54, 1.807) is 30.1 Å². The molecule has 1 aromatic carbocycles. The number of rotatable bonds is 4. The van der Waals surface area contributed by atoms with Crippen LogP contribution in [0.15, 0.2) is 35.4 Å². The highest BCUT2D eigenvalue weighted by molar-refractivity contribution is 7.84. The number of aromatic carboxylic acids is 1. The summed E-state index contributed by atoms with van der Waals surface area (Å²) in [6.45, 7) is 0. The molecule has 0 amide bonds. The lowest BCUT2D eigenvalue weighted by atomic mass is 10.2. The molecule has 0 saturated carbocycles. The number of hydrogen-bond acceptors (Lipinski definition) is 3. The van der Waals surface area contributed by atoms with Crippen LogP contribution in [0.25, 0.3) is 0 Å². The fourth-order valence-corrected chi connectivity index (χ4v) is 2.82. The molecule has 2 aromatic rings. The van der Waals surface area contributed by atoms with Crippen molar-refractivity contribution >= 4 is 28.4 Å². The zero-order valence-corrected chi connectivity index (χ0v) is 11.6. The molecule has 7 heteroatoms. The topological polar surface area (TPSA) is 72.2 Å². The summed E-state index contributed by atoms with van der Waals surface area (Å²) in [5, 5.41) is 13.2. The van der Waals surface area contributed by atoms with Gasteiger partial charge in [-0.1, -0.05) is 11.6 Å². The summed E-state index contributed by atoms with van der Waals surface area (Å²) in [4.78, 5) is 11.4. The Hall–Kier alpha value is -1.66. The van der Waals surface area contributed by atoms with Gasteiger partial charge in [-0.25, -0.2) is 4.79 Å². The first kappa shape index (κ1) is 13.8. The van der Waals surface area contributed by atoms with Crippen molar-refractivity contribution in [1.29, 1.82) is 0 Å². The summed E-state index contributed by atoms with van der Waals surface area (Å²) in [7, 11) is 0.421. The van der Waals surface area contributed by atoms with Crippen LogP contribution in [0.4, 0.5) is 0 Å². The van der Waals surface area contributed by atoms with Crippen molar-refractivity contribution in [3.05, 3.63) is 46.7 Å². The third-order valence-corrected chi connectivity index (χ3v) is 4.15. The predicted octanol–water partition coefficient (Wildman–Crippen LogP) is 2.08. The molecular weight excluding hydrogens is 288 g/mol. The van der Waals surface area contributed by atoms with Gasteiger partial charge in [0.1, 0.15) is 0 Å². The minimum absolute atomic E-state index is 0.0477. The predicted molar refractivity (Wildman–Crippen MR) is 71.7 cm³/mol. The molecule has 0 bridgehead atoms. The van der Waals surface area contributed by atoms with Crippen LogP contribution in [0.3, 0.4) is 0 Å². The lowest BCUT2D eigenvalue weighted by Gasteiger charge is -2.03. The van der Waals surface area contributed by atoms with Crippen molar-refractivity contribution in [2.24, 2.45) is 7.05 Å². The van der Waals surface area contributed by atoms with Crippen LogP contribution < -0.4 is 0 Å². The molecule has 5 nitrogen and oxygen atoms in total. The third kappa shape index (κ3) is 3.21. The SMILES string of the molecule is Cn1ccc(CS(=O)c2ccc(Cl)c(C(=O)O)c2)n1. The second-order valence-electron chi connectivity index (χ2n) is 3.92. The van der Waals surface area contributed by atoms with Crippen molar-refractivity contribution in [2.75, 3.05) is 0 Å². The van der Waals surface area contributed by atoms with Crippen LogP contribution in [-0.4, -0.2) is 25.1 Å². The maximum atomic E-state index is 12.1. The second-order valence-corrected chi connectivity index (χ2v) is 5.78. The largest absolute Gasteiger partial charge is 0.478 e. The van der Waals surface area contributed by atoms with E-state index in [1.165, 1.54) is 12.1 Å². The number of benzene rings is 1. The number of halogens is 1. The average molecular weight is 299 g/mol. The van der Waals surface area contributed by atoms with Gasteiger partial charge in [0, 0.05) is 18.1 Å². The van der Waals surface area contributed by atoms with Crippen LogP contribution >= 0.6 is 11.6 Å². The molecule has 0 radical (unpaired) electrons. The molecule has 1 N–H and O–H groups in total. The molecule has 100 valence electrons. The zero-order chi connectivity index (χ0) is 14.0. The van der Waals surface area contributed by atoms with Crippen LogP contribution in [0, 0.1) is 0 Å². The lowest BCUT2D eigenvalue weighted by Crippen LogP contribution is -2.02. The van der Waals surface area contributed by atoms with Gasteiger partial charge in [-0.05, 0) is 24.3 Å². The summed E-state index contributed by atoms with van der Waals surface area (Å²) in [5.41, 5.74) is 0.640. The number of hydrogen-bond donors (Lipinski definition) is 1. The van der Waals surface area contributed by atoms with Crippen LogP contribution in [-0.2, 0) is 23.6 Å². The molecule has 19 heavy (non-hydrogen) atoms. The zero-order valence-electron chi connectivity index (χ0n) is 10.0. The van der Waals surface area contributed by atoms with Gasteiger partial charge in [-0.3, -0.25) is 8.89 Å². The first-order valence-corrected chi connectivity index (χ1v) is 7.07. The fourth-order valence-electron chi connectivity index (χ4n) is 1.57. The standard InChI is InChI=1S/C12H11ClN2O3S/c1-15-5-4-8(14-15)7-19(18)9-2-3-11(13)10(6-9)12(16)17/h2-6H,7H2,1H3,(H,16,17). The Bertz CT molecular complexity index is 654. The summed E-state index contributed by atoms with van der Waals surface area (Å²) < 4.78 is 13.8. The Labute approximate surface area is 117 Å². The Morgan fingerprint density at radius 1 is 1.47 bits per heavy atom. The molecule has 0 aliphatic heterocycles. The first-order valence-electron chi connectivity index (χ1n) is 5.37. The maximum absolute atomic E-state index is 12.1. The minimum atomic E-state index is -1.35. The van der Waals surface area contributed by atoms with Gasteiger partial charge in [-0.2, -0.15) is 5.10 Å². The maximum Gasteiger partial charge on any atom is 0.337 e. The molecule has 0 spiro atoms. The Morgan fingerprint density at radius 2 is 2.21 bits per heavy atom. The Balaban J connectivity index is 2.24. The van der Waals surface area contributed by atoms with Crippen molar-refractivity contribution < 1.29 is 14.1 Å². The monoisotopic (exact) mass is 298 g/mol. The van der Waals surface area contributed by atoms with E-state index in [0.29, 0.717) is 10.6 Å². The number of carboxylic acid groups (broad SMARTS) is 1. The average Bonchev–Trinajstić information content (AvgIpc) is 2.74. The highest BCUT2D eigenvalue weighted by Gasteiger charge is 2.13. The van der Waals surface area contributed by atoms with Crippen molar-refractivity contribution in [2.45, 2.75) is 10.6 Å². The molecule has 1 unspecified atom stereocenters. The van der Waals surface area contributed by atoms with Gasteiger partial charge >= 0.3 is 5.97 Å². The van der Waals surface area contributed by atoms with E-state index in [-0.39, 0.29) is 16.3 Å². The fraction of sp³-hybridized carbons (Fsp3) is 0.167. The number of nitrogens with zero attached hydrogens (tertiary/aromatic N) is 2. The van der Waals surface area contributed by atoms with Gasteiger partial charge in [0.2, 0.25) is 0 Å². The van der Waals surface area contributed by atoms with E-state index in [1.807, 2.05) is 0 Å². The Kier molecular flexibility index (Phi) is 4.01. The van der Waals surface area contributed by atoms with Crippen LogP contribution in [0.2, 0.25) is 5.02 Å². The molecule has 0 fully saturated rings. The van der Waals surface area contributed by atoms with Gasteiger partial charge in [-0.15, -0.1) is 0 Å². The van der Waals surface area contributed by atoms with E-state index >= 15 is 0 Å². The first-order chi connectivity index (χ1) is 8.97. The van der Waals surface area contributed by atoms with E-state index in [9.17, 15) is 9.00 Å². The van der Waals surface area contributed by atoms with Gasteiger partial charge in [0.15, 0.2) is 0 Å². The summed E-state index contributed by atoms with van der Waals surface area (Å²) in [5.74, 6) is -0.900. The van der Waals surface area contributed by atoms with E-state index in [4.69, 9.17) is 16.7 Å². The lowest BCUT2D eigenvalue weighted by molar-refractivity contribution is 0.0697. The van der Waals surface area contributed by atoms with E-state index < -0.39 is 16.8 Å². The van der Waals surface area contributed by atoms with Gasteiger partial charge in [0.25, 0.3) is 0 Å². The third-order valence-electron chi connectivity index (χ3n) is 2.48. The number of carboxylic acids is 1. The number of aryl methyl sites for hydroxylation is 1. The second kappa shape index (κ2) is 5.54. The van der Waals surface area contributed by atoms with Crippen LogP contribution in [0.5, 0.6) is 0 Å². The quantitative estimate of drug-likeness (QED) is 0.938. The number of aromatic nitrogens is 2. The van der Waals surface area contributed by atoms with Crippen LogP contribution in [0.1, 0.15) is 16.1 Å². The Morgan fingerprint density at radius 3 is 2.79 bits per heavy atom. The summed E-state index contributed by atoms with van der Waals surface area (Å²) in [6.07, 6.45) is 1.76. The van der Waals surface area contributed by atoms with E-state index in [0.717, 1.165) is 0 Å². The van der Waals surface area contributed by atoms with E-state index in [2.05, 4.69) is 5.10 Å². The minimum Gasteiger partial charge on any atom is -0.478 e. The van der Waals surface area contributed by atoms with Gasteiger partial charge in [0.05, 0.1) is 32.8 Å². The smallest absolute Gasteiger partial charge is 0.337 e. The molecule has 0 aliphatic carbocycles. The molecule has 1 heterocycles. The normalized spacial score (nSPS) is 12.3. The molecule has 0 aliphatic rings. The molecule has 1 atom stereocenters. The van der Waals surface area contributed by atoms with Crippen molar-refractivity contribution in [3.8, 4) is 0 Å². The molecular formula is C12H11ClN2O3S. The van der Waals surface area contributed by atoms with Crippen molar-refractivity contribution in [1.82, 2.24) is 9.78 Å².